The molecule has 8 nitrogen and oxygen atoms in total. The smallest absolute Gasteiger partial charge is 0.311 e. The van der Waals surface area contributed by atoms with E-state index >= 15 is 0 Å². The number of benzene rings is 2. The second kappa shape index (κ2) is 9.69. The van der Waals surface area contributed by atoms with Gasteiger partial charge in [0.15, 0.2) is 5.75 Å². The summed E-state index contributed by atoms with van der Waals surface area (Å²) in [5.41, 5.74) is 3.07. The first-order valence-electron chi connectivity index (χ1n) is 9.67. The number of nitro benzene ring substituents is 1. The van der Waals surface area contributed by atoms with Gasteiger partial charge in [-0.25, -0.2) is 0 Å². The van der Waals surface area contributed by atoms with Crippen LogP contribution in [-0.4, -0.2) is 27.2 Å². The lowest BCUT2D eigenvalue weighted by Crippen LogP contribution is -2.25. The van der Waals surface area contributed by atoms with Crippen LogP contribution in [-0.2, 0) is 13.2 Å². The number of nitro groups is 1. The fourth-order valence-corrected chi connectivity index (χ4v) is 3.02. The van der Waals surface area contributed by atoms with Crippen molar-refractivity contribution in [3.63, 3.8) is 0 Å². The maximum atomic E-state index is 12.4. The van der Waals surface area contributed by atoms with Gasteiger partial charge in [-0.3, -0.25) is 19.6 Å². The van der Waals surface area contributed by atoms with Crippen LogP contribution in [0.2, 0.25) is 0 Å². The molecule has 0 aliphatic heterocycles. The molecule has 0 unspecified atom stereocenters. The molecular weight excluding hydrogens is 384 g/mol. The molecule has 3 aromatic rings. The van der Waals surface area contributed by atoms with Crippen molar-refractivity contribution in [1.29, 1.82) is 0 Å². The van der Waals surface area contributed by atoms with Crippen molar-refractivity contribution >= 4 is 11.6 Å². The second-order valence-electron chi connectivity index (χ2n) is 7.02. The molecule has 0 fully saturated rings. The van der Waals surface area contributed by atoms with Crippen molar-refractivity contribution < 1.29 is 14.5 Å². The Morgan fingerprint density at radius 3 is 2.77 bits per heavy atom. The number of hydrogen-bond donors (Lipinski definition) is 1. The molecule has 0 saturated heterocycles. The monoisotopic (exact) mass is 408 g/mol. The van der Waals surface area contributed by atoms with Gasteiger partial charge in [-0.2, -0.15) is 5.10 Å². The van der Waals surface area contributed by atoms with Crippen LogP contribution in [0.15, 0.2) is 54.7 Å². The van der Waals surface area contributed by atoms with E-state index in [2.05, 4.69) is 10.4 Å². The summed E-state index contributed by atoms with van der Waals surface area (Å²) < 4.78 is 7.54. The Labute approximate surface area is 174 Å². The van der Waals surface area contributed by atoms with Crippen LogP contribution in [0, 0.1) is 24.0 Å². The number of hydrogen-bond acceptors (Lipinski definition) is 5. The first kappa shape index (κ1) is 21.0. The molecule has 0 bridgehead atoms. The molecule has 3 rings (SSSR count). The molecule has 1 aromatic heterocycles. The quantitative estimate of drug-likeness (QED) is 0.330. The number of nitrogens with zero attached hydrogens (tertiary/aromatic N) is 3. The lowest BCUT2D eigenvalue weighted by atomic mass is 10.1. The summed E-state index contributed by atoms with van der Waals surface area (Å²) in [6, 6.07) is 13.8. The van der Waals surface area contributed by atoms with Crippen LogP contribution in [0.3, 0.4) is 0 Å². The lowest BCUT2D eigenvalue weighted by Gasteiger charge is -2.10. The van der Waals surface area contributed by atoms with Gasteiger partial charge >= 0.3 is 5.69 Å². The van der Waals surface area contributed by atoms with Crippen LogP contribution >= 0.6 is 0 Å². The van der Waals surface area contributed by atoms with Gasteiger partial charge in [-0.05, 0) is 55.7 Å². The summed E-state index contributed by atoms with van der Waals surface area (Å²) in [6.45, 7) is 5.18. The average molecular weight is 408 g/mol. The summed E-state index contributed by atoms with van der Waals surface area (Å²) in [6.07, 6.45) is 2.53. The minimum atomic E-state index is -0.461. The van der Waals surface area contributed by atoms with Crippen LogP contribution in [0.25, 0.3) is 0 Å². The Kier molecular flexibility index (Phi) is 6.79. The van der Waals surface area contributed by atoms with Gasteiger partial charge in [-0.15, -0.1) is 0 Å². The molecule has 0 aliphatic carbocycles. The molecule has 0 aliphatic rings. The zero-order chi connectivity index (χ0) is 21.5. The van der Waals surface area contributed by atoms with Gasteiger partial charge < -0.3 is 10.1 Å². The number of ether oxygens (including phenoxy) is 1. The van der Waals surface area contributed by atoms with Gasteiger partial charge in [-0.1, -0.05) is 18.2 Å². The Hall–Kier alpha value is -3.68. The van der Waals surface area contributed by atoms with E-state index in [4.69, 9.17) is 4.74 Å². The predicted molar refractivity (Wildman–Crippen MR) is 113 cm³/mol. The first-order chi connectivity index (χ1) is 14.4. The second-order valence-corrected chi connectivity index (χ2v) is 7.02. The molecule has 2 aromatic carbocycles. The van der Waals surface area contributed by atoms with E-state index in [1.165, 1.54) is 6.07 Å². The normalized spacial score (nSPS) is 10.6. The Morgan fingerprint density at radius 2 is 2.03 bits per heavy atom. The topological polar surface area (TPSA) is 99.3 Å². The molecule has 8 heteroatoms. The van der Waals surface area contributed by atoms with Crippen molar-refractivity contribution in [3.05, 3.63) is 87.2 Å². The van der Waals surface area contributed by atoms with Crippen LogP contribution in [0.4, 0.5) is 5.69 Å². The lowest BCUT2D eigenvalue weighted by molar-refractivity contribution is -0.386. The highest BCUT2D eigenvalue weighted by atomic mass is 16.6. The molecule has 0 radical (unpaired) electrons. The zero-order valence-corrected chi connectivity index (χ0v) is 17.0. The van der Waals surface area contributed by atoms with Crippen LogP contribution in [0.5, 0.6) is 5.75 Å². The Balaban J connectivity index is 1.55. The van der Waals surface area contributed by atoms with Crippen molar-refractivity contribution in [2.45, 2.75) is 33.4 Å². The van der Waals surface area contributed by atoms with Crippen molar-refractivity contribution in [2.24, 2.45) is 0 Å². The predicted octanol–water partition coefficient (Wildman–Crippen LogP) is 3.81. The third kappa shape index (κ3) is 5.44. The zero-order valence-electron chi connectivity index (χ0n) is 17.0. The number of nitrogens with one attached hydrogen (secondary N) is 1. The van der Waals surface area contributed by atoms with Crippen LogP contribution < -0.4 is 10.1 Å². The van der Waals surface area contributed by atoms with Gasteiger partial charge in [0.05, 0.1) is 4.92 Å². The van der Waals surface area contributed by atoms with E-state index in [1.54, 1.807) is 43.5 Å². The van der Waals surface area contributed by atoms with Gasteiger partial charge in [0.2, 0.25) is 0 Å². The van der Waals surface area contributed by atoms with E-state index in [9.17, 15) is 14.9 Å². The summed E-state index contributed by atoms with van der Waals surface area (Å²) >= 11 is 0. The van der Waals surface area contributed by atoms with Gasteiger partial charge in [0, 0.05) is 36.6 Å². The van der Waals surface area contributed by atoms with E-state index in [1.807, 2.05) is 23.7 Å². The number of carbonyl (C=O) groups is 1. The standard InChI is InChI=1S/C22H24N4O4/c1-16-7-8-21(20(13-16)26(28)29)30-15-18-5-3-6-19(14-18)22(27)23-10-4-12-25-17(2)9-11-24-25/h3,5-9,11,13-14H,4,10,12,15H2,1-2H3,(H,23,27). The number of amides is 1. The number of aromatic nitrogens is 2. The highest BCUT2D eigenvalue weighted by Crippen LogP contribution is 2.28. The number of carbonyl (C=O) groups excluding carboxylic acids is 1. The maximum Gasteiger partial charge on any atom is 0.311 e. The van der Waals surface area contributed by atoms with E-state index < -0.39 is 4.92 Å². The fourth-order valence-electron chi connectivity index (χ4n) is 3.02. The molecule has 0 saturated carbocycles. The van der Waals surface area contributed by atoms with Crippen molar-refractivity contribution in [3.8, 4) is 5.75 Å². The molecule has 1 amide bonds. The minimum absolute atomic E-state index is 0.0729. The number of rotatable bonds is 9. The summed E-state index contributed by atoms with van der Waals surface area (Å²) in [5.74, 6) is 0.0322. The first-order valence-corrected chi connectivity index (χ1v) is 9.67. The average Bonchev–Trinajstić information content (AvgIpc) is 3.15. The highest BCUT2D eigenvalue weighted by Gasteiger charge is 2.15. The Morgan fingerprint density at radius 1 is 1.20 bits per heavy atom. The Bertz CT molecular complexity index is 1050. The van der Waals surface area contributed by atoms with Crippen molar-refractivity contribution in [1.82, 2.24) is 15.1 Å². The summed E-state index contributed by atoms with van der Waals surface area (Å²) in [4.78, 5) is 23.2. The molecule has 156 valence electrons. The van der Waals surface area contributed by atoms with Gasteiger partial charge in [0.25, 0.3) is 5.91 Å². The third-order valence-corrected chi connectivity index (χ3v) is 4.66. The SMILES string of the molecule is Cc1ccc(OCc2cccc(C(=O)NCCCn3nccc3C)c2)c([N+](=O)[O-])c1. The summed E-state index contributed by atoms with van der Waals surface area (Å²) in [5, 5.41) is 18.3. The minimum Gasteiger partial charge on any atom is -0.482 e. The van der Waals surface area contributed by atoms with E-state index in [0.717, 1.165) is 29.8 Å². The van der Waals surface area contributed by atoms with Gasteiger partial charge in [0.1, 0.15) is 6.61 Å². The number of aryl methyl sites for hydroxylation is 3. The molecule has 0 spiro atoms. The van der Waals surface area contributed by atoms with Crippen molar-refractivity contribution in [2.75, 3.05) is 6.54 Å². The van der Waals surface area contributed by atoms with Crippen LogP contribution in [0.1, 0.15) is 33.6 Å². The molecule has 1 N–H and O–H groups in total. The summed E-state index contributed by atoms with van der Waals surface area (Å²) in [7, 11) is 0. The molecule has 30 heavy (non-hydrogen) atoms. The highest BCUT2D eigenvalue weighted by molar-refractivity contribution is 5.94. The fraction of sp³-hybridized carbons (Fsp3) is 0.273. The molecular formula is C22H24N4O4. The van der Waals surface area contributed by atoms with E-state index in [0.29, 0.717) is 12.1 Å². The maximum absolute atomic E-state index is 12.4. The third-order valence-electron chi connectivity index (χ3n) is 4.66. The molecule has 0 atom stereocenters. The molecule has 1 heterocycles. The van der Waals surface area contributed by atoms with E-state index in [-0.39, 0.29) is 24.0 Å². The largest absolute Gasteiger partial charge is 0.482 e.